The van der Waals surface area contributed by atoms with Crippen LogP contribution >= 0.6 is 11.3 Å². The molecule has 2 aromatic rings. The first kappa shape index (κ1) is 21.1. The summed E-state index contributed by atoms with van der Waals surface area (Å²) in [5, 5.41) is 0.671. The van der Waals surface area contributed by atoms with Crippen molar-refractivity contribution in [1.82, 2.24) is 14.9 Å². The number of amides is 1. The second-order valence-electron chi connectivity index (χ2n) is 9.06. The molecule has 2 fully saturated rings. The summed E-state index contributed by atoms with van der Waals surface area (Å²) in [6.45, 7) is 8.31. The topological polar surface area (TPSA) is 58.6 Å². The molecule has 0 aliphatic carbocycles. The molecule has 2 saturated heterocycles. The highest BCUT2D eigenvalue weighted by Gasteiger charge is 2.40. The van der Waals surface area contributed by atoms with Gasteiger partial charge in [-0.05, 0) is 45.1 Å². The Morgan fingerprint density at radius 1 is 1.20 bits per heavy atom. The summed E-state index contributed by atoms with van der Waals surface area (Å²) < 4.78 is 43.9. The lowest BCUT2D eigenvalue weighted by molar-refractivity contribution is -0.126. The zero-order chi connectivity index (χ0) is 21.7. The van der Waals surface area contributed by atoms with Gasteiger partial charge in [0.1, 0.15) is 22.6 Å². The van der Waals surface area contributed by atoms with E-state index in [1.807, 2.05) is 20.8 Å². The summed E-state index contributed by atoms with van der Waals surface area (Å²) >= 11 is 1.06. The molecule has 0 bridgehead atoms. The van der Waals surface area contributed by atoms with Crippen molar-refractivity contribution >= 4 is 33.5 Å². The van der Waals surface area contributed by atoms with E-state index in [1.165, 1.54) is 6.33 Å². The van der Waals surface area contributed by atoms with Gasteiger partial charge in [0.05, 0.1) is 11.8 Å². The molecule has 2 atom stereocenters. The maximum atomic E-state index is 12.8. The van der Waals surface area contributed by atoms with E-state index < -0.39 is 18.2 Å². The molecule has 0 saturated carbocycles. The third-order valence-corrected chi connectivity index (χ3v) is 6.53. The van der Waals surface area contributed by atoms with Crippen LogP contribution < -0.4 is 4.90 Å². The van der Waals surface area contributed by atoms with Gasteiger partial charge in [-0.3, -0.25) is 0 Å². The Kier molecular flexibility index (Phi) is 5.32. The molecule has 1 amide bonds. The average Bonchev–Trinajstić information content (AvgIpc) is 3.20. The molecule has 4 heterocycles. The zero-order valence-corrected chi connectivity index (χ0v) is 18.0. The Hall–Kier alpha value is -2.10. The number of aromatic nitrogens is 2. The minimum Gasteiger partial charge on any atom is -0.444 e. The number of anilines is 1. The smallest absolute Gasteiger partial charge is 0.410 e. The molecule has 30 heavy (non-hydrogen) atoms. The van der Waals surface area contributed by atoms with E-state index in [-0.39, 0.29) is 16.9 Å². The van der Waals surface area contributed by atoms with Crippen LogP contribution in [0.1, 0.15) is 32.1 Å². The van der Waals surface area contributed by atoms with Crippen LogP contribution in [0.5, 0.6) is 0 Å². The number of likely N-dealkylation sites (tertiary alicyclic amines) is 1. The maximum Gasteiger partial charge on any atom is 0.410 e. The fourth-order valence-electron chi connectivity index (χ4n) is 4.26. The minimum atomic E-state index is -4.25. The van der Waals surface area contributed by atoms with E-state index in [0.29, 0.717) is 41.6 Å². The monoisotopic (exact) mass is 442 g/mol. The third kappa shape index (κ3) is 4.63. The number of piperidine rings is 1. The number of fused-ring (bicyclic) bond motifs is 2. The molecule has 0 aromatic carbocycles. The molecule has 2 unspecified atom stereocenters. The molecule has 2 aliphatic rings. The molecule has 0 radical (unpaired) electrons. The number of nitrogens with zero attached hydrogens (tertiary/aromatic N) is 4. The van der Waals surface area contributed by atoms with Crippen molar-refractivity contribution in [3.63, 3.8) is 0 Å². The standard InChI is InChI=1S/C20H25F3N4O2S/c1-19(2,3)29-18(28)26-5-4-12-8-27(10-13(12)9-26)16-15-6-14(7-20(21,22)23)30-17(15)25-11-24-16/h6,11-13H,4-5,7-10H2,1-3H3. The second kappa shape index (κ2) is 7.55. The van der Waals surface area contributed by atoms with E-state index in [0.717, 1.165) is 24.3 Å². The highest BCUT2D eigenvalue weighted by atomic mass is 32.1. The van der Waals surface area contributed by atoms with Gasteiger partial charge in [0.2, 0.25) is 0 Å². The summed E-state index contributed by atoms with van der Waals surface area (Å²) in [4.78, 5) is 25.7. The summed E-state index contributed by atoms with van der Waals surface area (Å²) in [5.74, 6) is 1.38. The van der Waals surface area contributed by atoms with E-state index >= 15 is 0 Å². The molecular weight excluding hydrogens is 417 g/mol. The van der Waals surface area contributed by atoms with Crippen molar-refractivity contribution in [2.45, 2.75) is 45.4 Å². The summed E-state index contributed by atoms with van der Waals surface area (Å²) in [5.41, 5.74) is -0.532. The van der Waals surface area contributed by atoms with Crippen molar-refractivity contribution < 1.29 is 22.7 Å². The second-order valence-corrected chi connectivity index (χ2v) is 10.2. The Morgan fingerprint density at radius 3 is 2.63 bits per heavy atom. The lowest BCUT2D eigenvalue weighted by Gasteiger charge is -2.35. The van der Waals surface area contributed by atoms with Crippen LogP contribution in [0.25, 0.3) is 10.2 Å². The molecule has 0 N–H and O–H groups in total. The third-order valence-electron chi connectivity index (χ3n) is 5.49. The summed E-state index contributed by atoms with van der Waals surface area (Å²) in [6.07, 6.45) is -3.21. The molecular formula is C20H25F3N4O2S. The van der Waals surface area contributed by atoms with Crippen LogP contribution in [0.4, 0.5) is 23.8 Å². The Bertz CT molecular complexity index is 940. The fourth-order valence-corrected chi connectivity index (χ4v) is 5.28. The molecule has 2 aromatic heterocycles. The number of alkyl halides is 3. The molecule has 0 spiro atoms. The SMILES string of the molecule is CC(C)(C)OC(=O)N1CCC2CN(c3ncnc4sc(CC(F)(F)F)cc34)CC2C1. The summed E-state index contributed by atoms with van der Waals surface area (Å²) in [7, 11) is 0. The molecule has 6 nitrogen and oxygen atoms in total. The van der Waals surface area contributed by atoms with Crippen LogP contribution in [0.2, 0.25) is 0 Å². The first-order valence-electron chi connectivity index (χ1n) is 10.0. The van der Waals surface area contributed by atoms with Gasteiger partial charge >= 0.3 is 12.3 Å². The van der Waals surface area contributed by atoms with Crippen LogP contribution in [-0.4, -0.2) is 58.9 Å². The minimum absolute atomic E-state index is 0.243. The number of thiophene rings is 1. The van der Waals surface area contributed by atoms with Gasteiger partial charge in [-0.25, -0.2) is 14.8 Å². The molecule has 2 aliphatic heterocycles. The zero-order valence-electron chi connectivity index (χ0n) is 17.2. The fraction of sp³-hybridized carbons (Fsp3) is 0.650. The van der Waals surface area contributed by atoms with Crippen LogP contribution in [0.3, 0.4) is 0 Å². The molecule has 10 heteroatoms. The number of carbonyl (C=O) groups excluding carboxylic acids is 1. The van der Waals surface area contributed by atoms with Crippen molar-refractivity contribution in [1.29, 1.82) is 0 Å². The van der Waals surface area contributed by atoms with Gasteiger partial charge in [0.25, 0.3) is 0 Å². The van der Waals surface area contributed by atoms with Crippen LogP contribution in [0.15, 0.2) is 12.4 Å². The van der Waals surface area contributed by atoms with Crippen molar-refractivity contribution in [2.75, 3.05) is 31.1 Å². The highest BCUT2D eigenvalue weighted by molar-refractivity contribution is 7.18. The van der Waals surface area contributed by atoms with Gasteiger partial charge in [0.15, 0.2) is 0 Å². The van der Waals surface area contributed by atoms with Gasteiger partial charge in [0, 0.05) is 31.1 Å². The Morgan fingerprint density at radius 2 is 1.93 bits per heavy atom. The van der Waals surface area contributed by atoms with Gasteiger partial charge in [-0.15, -0.1) is 11.3 Å². The van der Waals surface area contributed by atoms with Gasteiger partial charge in [-0.2, -0.15) is 13.2 Å². The normalized spacial score (nSPS) is 22.5. The molecule has 4 rings (SSSR count). The summed E-state index contributed by atoms with van der Waals surface area (Å²) in [6, 6.07) is 1.57. The number of hydrogen-bond acceptors (Lipinski definition) is 6. The lowest BCUT2D eigenvalue weighted by Crippen LogP contribution is -2.45. The van der Waals surface area contributed by atoms with Gasteiger partial charge in [-0.1, -0.05) is 0 Å². The number of halogens is 3. The van der Waals surface area contributed by atoms with Crippen molar-refractivity contribution in [3.8, 4) is 0 Å². The van der Waals surface area contributed by atoms with Gasteiger partial charge < -0.3 is 14.5 Å². The Labute approximate surface area is 177 Å². The maximum absolute atomic E-state index is 12.8. The van der Waals surface area contributed by atoms with E-state index in [9.17, 15) is 18.0 Å². The lowest BCUT2D eigenvalue weighted by atomic mass is 9.89. The van der Waals surface area contributed by atoms with E-state index in [1.54, 1.807) is 11.0 Å². The number of hydrogen-bond donors (Lipinski definition) is 0. The quantitative estimate of drug-likeness (QED) is 0.686. The largest absolute Gasteiger partial charge is 0.444 e. The van der Waals surface area contributed by atoms with Crippen LogP contribution in [0, 0.1) is 11.8 Å². The number of carbonyl (C=O) groups is 1. The number of ether oxygens (including phenoxy) is 1. The highest BCUT2D eigenvalue weighted by Crippen LogP contribution is 2.38. The van der Waals surface area contributed by atoms with Crippen LogP contribution in [-0.2, 0) is 11.2 Å². The van der Waals surface area contributed by atoms with E-state index in [2.05, 4.69) is 14.9 Å². The van der Waals surface area contributed by atoms with Crippen molar-refractivity contribution in [2.24, 2.45) is 11.8 Å². The predicted molar refractivity (Wildman–Crippen MR) is 109 cm³/mol. The predicted octanol–water partition coefficient (Wildman–Crippen LogP) is 4.49. The number of rotatable bonds is 2. The average molecular weight is 443 g/mol. The molecule has 164 valence electrons. The first-order chi connectivity index (χ1) is 14.0. The Balaban J connectivity index is 1.49. The first-order valence-corrected chi connectivity index (χ1v) is 10.8. The van der Waals surface area contributed by atoms with E-state index in [4.69, 9.17) is 4.74 Å². The van der Waals surface area contributed by atoms with Crippen molar-refractivity contribution in [3.05, 3.63) is 17.3 Å².